The Morgan fingerprint density at radius 3 is 2.27 bits per heavy atom. The van der Waals surface area contributed by atoms with Gasteiger partial charge in [0.05, 0.1) is 5.75 Å². The van der Waals surface area contributed by atoms with Gasteiger partial charge in [0.25, 0.3) is 0 Å². The van der Waals surface area contributed by atoms with Gasteiger partial charge in [-0.3, -0.25) is 4.99 Å². The van der Waals surface area contributed by atoms with E-state index in [-0.39, 0.29) is 5.75 Å². The summed E-state index contributed by atoms with van der Waals surface area (Å²) in [5.41, 5.74) is 0. The van der Waals surface area contributed by atoms with Crippen molar-refractivity contribution in [3.8, 4) is 0 Å². The maximum Gasteiger partial charge on any atom is 0.214 e. The molecule has 2 fully saturated rings. The molecule has 2 heterocycles. The predicted octanol–water partition coefficient (Wildman–Crippen LogP) is -0.327. The highest BCUT2D eigenvalue weighted by Gasteiger charge is 2.27. The van der Waals surface area contributed by atoms with Crippen LogP contribution in [-0.4, -0.2) is 82.2 Å². The molecule has 2 aliphatic heterocycles. The van der Waals surface area contributed by atoms with Crippen LogP contribution >= 0.6 is 0 Å². The summed E-state index contributed by atoms with van der Waals surface area (Å²) in [4.78, 5) is 6.65. The van der Waals surface area contributed by atoms with E-state index >= 15 is 0 Å². The number of guanidine groups is 1. The van der Waals surface area contributed by atoms with Crippen LogP contribution in [0.5, 0.6) is 0 Å². The second-order valence-corrected chi connectivity index (χ2v) is 7.99. The van der Waals surface area contributed by atoms with Gasteiger partial charge in [-0.05, 0) is 32.4 Å². The van der Waals surface area contributed by atoms with Crippen LogP contribution in [0.2, 0.25) is 0 Å². The first-order valence-corrected chi connectivity index (χ1v) is 9.87. The zero-order chi connectivity index (χ0) is 15.8. The van der Waals surface area contributed by atoms with E-state index in [0.29, 0.717) is 19.6 Å². The number of likely N-dealkylation sites (tertiary alicyclic amines) is 1. The third kappa shape index (κ3) is 5.40. The lowest BCUT2D eigenvalue weighted by Gasteiger charge is -2.26. The van der Waals surface area contributed by atoms with Crippen LogP contribution in [-0.2, 0) is 10.0 Å². The van der Waals surface area contributed by atoms with Crippen molar-refractivity contribution in [2.45, 2.75) is 25.7 Å². The lowest BCUT2D eigenvalue weighted by atomic mass is 10.1. The molecule has 0 unspecified atom stereocenters. The highest BCUT2D eigenvalue weighted by Crippen LogP contribution is 2.11. The van der Waals surface area contributed by atoms with E-state index in [9.17, 15) is 8.42 Å². The lowest BCUT2D eigenvalue weighted by Crippen LogP contribution is -2.44. The van der Waals surface area contributed by atoms with Crippen LogP contribution in [0.3, 0.4) is 0 Å². The molecule has 2 rings (SSSR count). The summed E-state index contributed by atoms with van der Waals surface area (Å²) in [6, 6.07) is 0. The Morgan fingerprint density at radius 1 is 1.00 bits per heavy atom. The number of sulfonamides is 1. The fourth-order valence-corrected chi connectivity index (χ4v) is 4.51. The van der Waals surface area contributed by atoms with E-state index in [1.54, 1.807) is 11.4 Å². The van der Waals surface area contributed by atoms with Crippen LogP contribution < -0.4 is 10.6 Å². The predicted molar refractivity (Wildman–Crippen MR) is 89.6 cm³/mol. The fourth-order valence-electron chi connectivity index (χ4n) is 2.98. The number of hydrogen-bond donors (Lipinski definition) is 2. The fraction of sp³-hybridized carbons (Fsp3) is 0.929. The first-order chi connectivity index (χ1) is 10.6. The molecule has 2 saturated heterocycles. The molecule has 2 aliphatic rings. The highest BCUT2D eigenvalue weighted by molar-refractivity contribution is 7.89. The van der Waals surface area contributed by atoms with Crippen molar-refractivity contribution in [2.75, 3.05) is 58.6 Å². The molecule has 128 valence electrons. The molecule has 0 saturated carbocycles. The molecule has 0 radical (unpaired) electrons. The van der Waals surface area contributed by atoms with Gasteiger partial charge in [-0.2, -0.15) is 0 Å². The number of piperidine rings is 1. The largest absolute Gasteiger partial charge is 0.355 e. The third-order valence-corrected chi connectivity index (χ3v) is 6.21. The second kappa shape index (κ2) is 8.69. The van der Waals surface area contributed by atoms with Crippen molar-refractivity contribution in [2.24, 2.45) is 4.99 Å². The maximum atomic E-state index is 11.7. The molecule has 7 nitrogen and oxygen atoms in total. The average Bonchev–Trinajstić information content (AvgIpc) is 2.85. The van der Waals surface area contributed by atoms with Crippen LogP contribution in [0.1, 0.15) is 25.7 Å². The van der Waals surface area contributed by atoms with E-state index in [1.165, 1.54) is 32.4 Å². The van der Waals surface area contributed by atoms with E-state index in [4.69, 9.17) is 0 Å². The van der Waals surface area contributed by atoms with Crippen LogP contribution in [0.25, 0.3) is 0 Å². The van der Waals surface area contributed by atoms with Crippen LogP contribution in [0.15, 0.2) is 4.99 Å². The highest BCUT2D eigenvalue weighted by atomic mass is 32.2. The Bertz CT molecular complexity index is 460. The minimum Gasteiger partial charge on any atom is -0.355 e. The molecular weight excluding hydrogens is 302 g/mol. The van der Waals surface area contributed by atoms with Gasteiger partial charge in [-0.25, -0.2) is 12.7 Å². The Kier molecular flexibility index (Phi) is 6.91. The summed E-state index contributed by atoms with van der Waals surface area (Å²) in [6.07, 6.45) is 4.70. The van der Waals surface area contributed by atoms with Gasteiger partial charge in [-0.15, -0.1) is 0 Å². The topological polar surface area (TPSA) is 77.0 Å². The standard InChI is InChI=1S/C14H29N5O2S/c1-15-14(16-6-11-18-8-3-2-4-9-18)17-7-12-19-10-5-13-22(19,20)21/h2-13H2,1H3,(H2,15,16,17). The Labute approximate surface area is 134 Å². The minimum atomic E-state index is -3.00. The Morgan fingerprint density at radius 2 is 1.68 bits per heavy atom. The number of nitrogens with one attached hydrogen (secondary N) is 2. The van der Waals surface area contributed by atoms with Gasteiger partial charge in [-0.1, -0.05) is 6.42 Å². The van der Waals surface area contributed by atoms with E-state index in [2.05, 4.69) is 20.5 Å². The molecule has 0 amide bonds. The summed E-state index contributed by atoms with van der Waals surface area (Å²) < 4.78 is 25.0. The summed E-state index contributed by atoms with van der Waals surface area (Å²) in [5.74, 6) is 1.03. The smallest absolute Gasteiger partial charge is 0.214 e. The molecule has 0 bridgehead atoms. The molecule has 0 aromatic carbocycles. The summed E-state index contributed by atoms with van der Waals surface area (Å²) in [5, 5.41) is 6.48. The molecule has 0 aliphatic carbocycles. The monoisotopic (exact) mass is 331 g/mol. The first kappa shape index (κ1) is 17.5. The van der Waals surface area contributed by atoms with Gasteiger partial charge in [0.1, 0.15) is 0 Å². The van der Waals surface area contributed by atoms with Crippen molar-refractivity contribution < 1.29 is 8.42 Å². The maximum absolute atomic E-state index is 11.7. The zero-order valence-electron chi connectivity index (χ0n) is 13.6. The van der Waals surface area contributed by atoms with E-state index in [1.807, 2.05) is 0 Å². The van der Waals surface area contributed by atoms with Gasteiger partial charge in [0, 0.05) is 39.8 Å². The molecule has 0 aromatic rings. The first-order valence-electron chi connectivity index (χ1n) is 8.26. The van der Waals surface area contributed by atoms with Crippen LogP contribution in [0.4, 0.5) is 0 Å². The Hall–Kier alpha value is -0.860. The van der Waals surface area contributed by atoms with Crippen molar-refractivity contribution >= 4 is 16.0 Å². The van der Waals surface area contributed by atoms with Crippen molar-refractivity contribution in [1.29, 1.82) is 0 Å². The molecule has 8 heteroatoms. The molecule has 0 aromatic heterocycles. The van der Waals surface area contributed by atoms with Crippen molar-refractivity contribution in [1.82, 2.24) is 19.8 Å². The normalized spacial score (nSPS) is 23.6. The van der Waals surface area contributed by atoms with Gasteiger partial charge in [0.15, 0.2) is 5.96 Å². The Balaban J connectivity index is 1.61. The quantitative estimate of drug-likeness (QED) is 0.515. The molecule has 2 N–H and O–H groups in total. The summed E-state index contributed by atoms with van der Waals surface area (Å²) in [7, 11) is -1.26. The zero-order valence-corrected chi connectivity index (χ0v) is 14.4. The second-order valence-electron chi connectivity index (χ2n) is 5.90. The van der Waals surface area contributed by atoms with E-state index in [0.717, 1.165) is 25.5 Å². The minimum absolute atomic E-state index is 0.288. The SMILES string of the molecule is CN=C(NCCN1CCCCC1)NCCN1CCCS1(=O)=O. The molecule has 0 atom stereocenters. The lowest BCUT2D eigenvalue weighted by molar-refractivity contribution is 0.232. The van der Waals surface area contributed by atoms with E-state index < -0.39 is 10.0 Å². The number of aliphatic imine (C=N–C) groups is 1. The third-order valence-electron chi connectivity index (χ3n) is 4.25. The number of hydrogen-bond acceptors (Lipinski definition) is 4. The van der Waals surface area contributed by atoms with Crippen LogP contribution in [0, 0.1) is 0 Å². The average molecular weight is 331 g/mol. The van der Waals surface area contributed by atoms with Gasteiger partial charge >= 0.3 is 0 Å². The molecule has 0 spiro atoms. The number of nitrogens with zero attached hydrogens (tertiary/aromatic N) is 3. The van der Waals surface area contributed by atoms with Crippen molar-refractivity contribution in [3.05, 3.63) is 0 Å². The molecular formula is C14H29N5O2S. The van der Waals surface area contributed by atoms with Crippen molar-refractivity contribution in [3.63, 3.8) is 0 Å². The van der Waals surface area contributed by atoms with Gasteiger partial charge in [0.2, 0.25) is 10.0 Å². The van der Waals surface area contributed by atoms with Gasteiger partial charge < -0.3 is 15.5 Å². The molecule has 22 heavy (non-hydrogen) atoms. The summed E-state index contributed by atoms with van der Waals surface area (Å²) >= 11 is 0. The number of rotatable bonds is 6. The summed E-state index contributed by atoms with van der Waals surface area (Å²) in [6.45, 7) is 6.02.